The number of β-lactam (4-membered cyclic amide) rings is 1. The van der Waals surface area contributed by atoms with Crippen molar-refractivity contribution in [3.05, 3.63) is 44.9 Å². The molecule has 1 aliphatic carbocycles. The number of nitrogens with one attached hydrogen (secondary N) is 1. The molecule has 3 aliphatic heterocycles. The highest BCUT2D eigenvalue weighted by Gasteiger charge is 2.63. The molecule has 58 heavy (non-hydrogen) atoms. The lowest BCUT2D eigenvalue weighted by atomic mass is 9.89. The van der Waals surface area contributed by atoms with Gasteiger partial charge >= 0.3 is 6.03 Å². The minimum Gasteiger partial charge on any atom is -0.508 e. The van der Waals surface area contributed by atoms with Gasteiger partial charge in [0.15, 0.2) is 22.9 Å². The van der Waals surface area contributed by atoms with E-state index in [4.69, 9.17) is 4.84 Å². The van der Waals surface area contributed by atoms with Crippen LogP contribution in [0, 0.1) is 44.4 Å². The van der Waals surface area contributed by atoms with E-state index in [1.54, 1.807) is 36.0 Å². The SMILES string of the molecule is CC(=O)C(C)(C)O/N=C(\C(=O)C[C@@H]1C(=O)N2C[C@@](C(C)C)(N3CCN(NC(=O)C4CCC(CC(=O)C(=O)c5ccc(O)c(C)c5C)C4=O)C3=O)S[C@H]12)c1csc(C)n1. The summed E-state index contributed by atoms with van der Waals surface area (Å²) < 4.78 is 0. The number of oxime groups is 1. The highest BCUT2D eigenvalue weighted by molar-refractivity contribution is 8.01. The summed E-state index contributed by atoms with van der Waals surface area (Å²) >= 11 is 2.74. The first-order chi connectivity index (χ1) is 27.2. The summed E-state index contributed by atoms with van der Waals surface area (Å²) in [5.41, 5.74) is 2.61. The fraction of sp³-hybridized carbons (Fsp3) is 0.550. The van der Waals surface area contributed by atoms with E-state index in [1.165, 1.54) is 56.0 Å². The molecule has 4 fully saturated rings. The number of hydrogen-bond donors (Lipinski definition) is 2. The Bertz CT molecular complexity index is 2150. The van der Waals surface area contributed by atoms with E-state index in [0.717, 1.165) is 5.01 Å². The van der Waals surface area contributed by atoms with E-state index in [0.29, 0.717) is 16.1 Å². The number of aryl methyl sites for hydroxylation is 1. The van der Waals surface area contributed by atoms with Gasteiger partial charge in [0.25, 0.3) is 0 Å². The summed E-state index contributed by atoms with van der Waals surface area (Å²) in [6, 6.07) is 2.22. The number of benzene rings is 1. The normalized spacial score (nSPS) is 24.7. The number of nitrogens with zero attached hydrogens (tertiary/aromatic N) is 5. The minimum absolute atomic E-state index is 0.00231. The maximum atomic E-state index is 14.0. The Labute approximate surface area is 344 Å². The summed E-state index contributed by atoms with van der Waals surface area (Å²) in [6.07, 6.45) is -0.160. The molecule has 16 nitrogen and oxygen atoms in total. The van der Waals surface area contributed by atoms with Gasteiger partial charge in [0.2, 0.25) is 23.4 Å². The molecule has 2 aromatic rings. The fourth-order valence-corrected chi connectivity index (χ4v) is 10.2. The van der Waals surface area contributed by atoms with Gasteiger partial charge in [-0.3, -0.25) is 39.0 Å². The van der Waals surface area contributed by atoms with Gasteiger partial charge in [-0.15, -0.1) is 23.1 Å². The summed E-state index contributed by atoms with van der Waals surface area (Å²) in [5, 5.41) is 17.1. The van der Waals surface area contributed by atoms with E-state index >= 15 is 0 Å². The molecule has 1 saturated carbocycles. The number of hydrazine groups is 1. The third kappa shape index (κ3) is 7.67. The van der Waals surface area contributed by atoms with Gasteiger partial charge in [0.1, 0.15) is 22.1 Å². The zero-order valence-corrected chi connectivity index (χ0v) is 35.4. The van der Waals surface area contributed by atoms with Crippen LogP contribution in [-0.4, -0.2) is 113 Å². The Morgan fingerprint density at radius 2 is 1.74 bits per heavy atom. The van der Waals surface area contributed by atoms with Crippen LogP contribution < -0.4 is 5.43 Å². The lowest BCUT2D eigenvalue weighted by Crippen LogP contribution is -2.59. The molecule has 4 amide bonds. The van der Waals surface area contributed by atoms with Crippen LogP contribution in [0.1, 0.15) is 92.5 Å². The lowest BCUT2D eigenvalue weighted by molar-refractivity contribution is -0.151. The molecule has 3 saturated heterocycles. The molecule has 6 rings (SSSR count). The fourth-order valence-electron chi connectivity index (χ4n) is 7.72. The van der Waals surface area contributed by atoms with Crippen molar-refractivity contribution in [2.75, 3.05) is 19.6 Å². The number of aromatic hydroxyl groups is 1. The highest BCUT2D eigenvalue weighted by atomic mass is 32.2. The molecule has 4 heterocycles. The average molecular weight is 837 g/mol. The number of carbonyl (C=O) groups excluding carboxylic acids is 8. The Hall–Kier alpha value is -4.97. The largest absolute Gasteiger partial charge is 0.508 e. The smallest absolute Gasteiger partial charge is 0.340 e. The number of fused-ring (bicyclic) bond motifs is 1. The monoisotopic (exact) mass is 836 g/mol. The van der Waals surface area contributed by atoms with Crippen molar-refractivity contribution in [1.29, 1.82) is 0 Å². The van der Waals surface area contributed by atoms with Gasteiger partial charge in [0, 0.05) is 36.2 Å². The van der Waals surface area contributed by atoms with Gasteiger partial charge < -0.3 is 19.7 Å². The number of phenols is 1. The summed E-state index contributed by atoms with van der Waals surface area (Å²) in [5.74, 6) is -6.48. The number of urea groups is 1. The molecular weight excluding hydrogens is 789 g/mol. The zero-order valence-electron chi connectivity index (χ0n) is 33.7. The lowest BCUT2D eigenvalue weighted by Gasteiger charge is -2.41. The number of amides is 4. The van der Waals surface area contributed by atoms with E-state index in [2.05, 4.69) is 15.6 Å². The standard InChI is InChI=1S/C40H48N6O10S2/c1-19(2)40(18-44-36(54)27(37(44)58-40)16-30(49)32(28-17-57-23(6)41-28)43-56-39(7,8)22(5)47)45-13-14-46(38(45)55)42-35(53)26-10-9-24(33(26)51)15-31(50)34(52)25-11-12-29(48)21(4)20(25)3/h11-12,17,19,24,26-27,37,48H,9-10,13-16,18H2,1-8H3,(H,42,53)/b43-32-/t24?,26?,27-,37-,40-/m1/s1. The second-order valence-electron chi connectivity index (χ2n) is 16.2. The number of thioether (sulfide) groups is 1. The highest BCUT2D eigenvalue weighted by Crippen LogP contribution is 2.55. The van der Waals surface area contributed by atoms with Crippen LogP contribution in [0.15, 0.2) is 22.7 Å². The summed E-state index contributed by atoms with van der Waals surface area (Å²) in [4.78, 5) is 118. The second-order valence-corrected chi connectivity index (χ2v) is 18.7. The van der Waals surface area contributed by atoms with E-state index < -0.39 is 68.7 Å². The second kappa shape index (κ2) is 16.0. The third-order valence-electron chi connectivity index (χ3n) is 11.9. The number of hydrogen-bond acceptors (Lipinski definition) is 14. The van der Waals surface area contributed by atoms with Crippen LogP contribution >= 0.6 is 23.1 Å². The number of ketones is 5. The van der Waals surface area contributed by atoms with Gasteiger partial charge in [-0.1, -0.05) is 19.0 Å². The third-order valence-corrected chi connectivity index (χ3v) is 14.7. The van der Waals surface area contributed by atoms with Crippen molar-refractivity contribution >= 4 is 75.6 Å². The van der Waals surface area contributed by atoms with Crippen molar-refractivity contribution in [1.82, 2.24) is 25.2 Å². The predicted octanol–water partition coefficient (Wildman–Crippen LogP) is 3.91. The quantitative estimate of drug-likeness (QED) is 0.0653. The molecule has 4 aliphatic rings. The predicted molar refractivity (Wildman–Crippen MR) is 213 cm³/mol. The van der Waals surface area contributed by atoms with Crippen LogP contribution in [-0.2, 0) is 33.6 Å². The molecule has 0 spiro atoms. The molecule has 0 bridgehead atoms. The first-order valence-electron chi connectivity index (χ1n) is 19.2. The number of aromatic nitrogens is 1. The van der Waals surface area contributed by atoms with Gasteiger partial charge in [0.05, 0.1) is 35.3 Å². The number of thiazole rings is 1. The van der Waals surface area contributed by atoms with Crippen molar-refractivity contribution < 1.29 is 48.3 Å². The molecule has 1 aromatic carbocycles. The van der Waals surface area contributed by atoms with Gasteiger partial charge in [-0.2, -0.15) is 0 Å². The number of rotatable bonds is 15. The van der Waals surface area contributed by atoms with Crippen LogP contribution in [0.4, 0.5) is 4.79 Å². The van der Waals surface area contributed by atoms with E-state index in [1.807, 2.05) is 13.8 Å². The average Bonchev–Trinajstić information content (AvgIpc) is 3.95. The summed E-state index contributed by atoms with van der Waals surface area (Å²) in [7, 11) is 0. The Morgan fingerprint density at radius 1 is 1.03 bits per heavy atom. The maximum Gasteiger partial charge on any atom is 0.340 e. The number of phenolic OH excluding ortho intramolecular Hbond substituents is 1. The van der Waals surface area contributed by atoms with Crippen molar-refractivity contribution in [3.8, 4) is 5.75 Å². The molecule has 18 heteroatoms. The van der Waals surface area contributed by atoms with Crippen molar-refractivity contribution in [2.24, 2.45) is 28.8 Å². The molecule has 2 unspecified atom stereocenters. The van der Waals surface area contributed by atoms with E-state index in [-0.39, 0.29) is 85.6 Å². The number of carbonyl (C=O) groups is 8. The molecule has 2 N–H and O–H groups in total. The topological polar surface area (TPSA) is 213 Å². The van der Waals surface area contributed by atoms with Crippen LogP contribution in [0.3, 0.4) is 0 Å². The molecule has 5 atom stereocenters. The zero-order chi connectivity index (χ0) is 42.6. The summed E-state index contributed by atoms with van der Waals surface area (Å²) in [6.45, 7) is 13.9. The molecule has 1 aromatic heterocycles. The van der Waals surface area contributed by atoms with Crippen molar-refractivity contribution in [2.45, 2.75) is 96.9 Å². The number of Topliss-reactive ketones (excluding diaryl/α,β-unsaturated/α-hetero) is 5. The van der Waals surface area contributed by atoms with Gasteiger partial charge in [-0.25, -0.2) is 14.8 Å². The van der Waals surface area contributed by atoms with Gasteiger partial charge in [-0.05, 0) is 83.6 Å². The molecular formula is C40H48N6O10S2. The van der Waals surface area contributed by atoms with Crippen LogP contribution in [0.5, 0.6) is 5.75 Å². The van der Waals surface area contributed by atoms with E-state index in [9.17, 15) is 43.5 Å². The Balaban J connectivity index is 1.08. The molecule has 310 valence electrons. The van der Waals surface area contributed by atoms with Crippen molar-refractivity contribution in [3.63, 3.8) is 0 Å². The minimum atomic E-state index is -1.29. The Morgan fingerprint density at radius 3 is 2.38 bits per heavy atom. The Kier molecular flexibility index (Phi) is 11.8. The molecule has 0 radical (unpaired) electrons. The van der Waals surface area contributed by atoms with Crippen LogP contribution in [0.2, 0.25) is 0 Å². The maximum absolute atomic E-state index is 14.0. The van der Waals surface area contributed by atoms with Crippen LogP contribution in [0.25, 0.3) is 0 Å². The first-order valence-corrected chi connectivity index (χ1v) is 21.0. The first kappa shape index (κ1) is 42.6.